The number of hydrogen-bond donors (Lipinski definition) is 0. The Morgan fingerprint density at radius 1 is 1.12 bits per heavy atom. The molecule has 102 valence electrons. The topological polar surface area (TPSA) is 12.5 Å². The molecule has 4 unspecified atom stereocenters. The molecule has 17 heavy (non-hydrogen) atoms. The molecule has 1 saturated heterocycles. The first-order chi connectivity index (χ1) is 8.15. The SMILES string of the molecule is CCCCC(CC)CC(C)CC(C)CC1CO1. The second-order valence-electron chi connectivity index (χ2n) is 6.29. The molecule has 1 aliphatic rings. The normalized spacial score (nSPS) is 24.4. The van der Waals surface area contributed by atoms with Crippen LogP contribution >= 0.6 is 0 Å². The van der Waals surface area contributed by atoms with E-state index >= 15 is 0 Å². The van der Waals surface area contributed by atoms with Gasteiger partial charge in [0.2, 0.25) is 0 Å². The molecule has 0 bridgehead atoms. The molecule has 0 saturated carbocycles. The Labute approximate surface area is 108 Å². The molecular formula is C16H32O. The fourth-order valence-corrected chi connectivity index (χ4v) is 3.08. The van der Waals surface area contributed by atoms with Gasteiger partial charge in [0.25, 0.3) is 0 Å². The van der Waals surface area contributed by atoms with Crippen LogP contribution in [0.1, 0.15) is 72.6 Å². The number of rotatable bonds is 10. The number of unbranched alkanes of at least 4 members (excludes halogenated alkanes) is 1. The standard InChI is InChI=1S/C16H32O/c1-5-7-8-15(6-2)10-13(3)9-14(4)11-16-12-17-16/h13-16H,5-12H2,1-4H3. The van der Waals surface area contributed by atoms with E-state index in [-0.39, 0.29) is 0 Å². The maximum absolute atomic E-state index is 5.32. The van der Waals surface area contributed by atoms with Crippen molar-refractivity contribution in [3.05, 3.63) is 0 Å². The van der Waals surface area contributed by atoms with Crippen molar-refractivity contribution in [2.75, 3.05) is 6.61 Å². The highest BCUT2D eigenvalue weighted by Gasteiger charge is 2.25. The van der Waals surface area contributed by atoms with Gasteiger partial charge in [0.05, 0.1) is 12.7 Å². The van der Waals surface area contributed by atoms with Crippen molar-refractivity contribution in [3.8, 4) is 0 Å². The van der Waals surface area contributed by atoms with Gasteiger partial charge in [0.15, 0.2) is 0 Å². The minimum atomic E-state index is 0.610. The van der Waals surface area contributed by atoms with Gasteiger partial charge in [-0.3, -0.25) is 0 Å². The Kier molecular flexibility index (Phi) is 7.18. The molecule has 0 aromatic heterocycles. The van der Waals surface area contributed by atoms with Crippen LogP contribution in [0.15, 0.2) is 0 Å². The van der Waals surface area contributed by atoms with Gasteiger partial charge < -0.3 is 4.74 Å². The van der Waals surface area contributed by atoms with Crippen LogP contribution in [0.5, 0.6) is 0 Å². The van der Waals surface area contributed by atoms with Gasteiger partial charge in [-0.2, -0.15) is 0 Å². The lowest BCUT2D eigenvalue weighted by atomic mass is 9.84. The van der Waals surface area contributed by atoms with Crippen LogP contribution in [0.25, 0.3) is 0 Å². The Morgan fingerprint density at radius 2 is 1.82 bits per heavy atom. The van der Waals surface area contributed by atoms with E-state index < -0.39 is 0 Å². The smallest absolute Gasteiger partial charge is 0.0812 e. The maximum atomic E-state index is 5.32. The second kappa shape index (κ2) is 8.13. The van der Waals surface area contributed by atoms with E-state index in [1.54, 1.807) is 0 Å². The summed E-state index contributed by atoms with van der Waals surface area (Å²) < 4.78 is 5.32. The van der Waals surface area contributed by atoms with Crippen molar-refractivity contribution in [2.24, 2.45) is 17.8 Å². The van der Waals surface area contributed by atoms with Crippen LogP contribution in [-0.2, 0) is 4.74 Å². The summed E-state index contributed by atoms with van der Waals surface area (Å²) in [6.07, 6.45) is 10.3. The molecule has 0 amide bonds. The van der Waals surface area contributed by atoms with Crippen molar-refractivity contribution in [3.63, 3.8) is 0 Å². The number of ether oxygens (including phenoxy) is 1. The monoisotopic (exact) mass is 240 g/mol. The van der Waals surface area contributed by atoms with E-state index in [0.717, 1.165) is 24.4 Å². The molecule has 0 spiro atoms. The molecule has 1 fully saturated rings. The van der Waals surface area contributed by atoms with E-state index in [1.807, 2.05) is 0 Å². The van der Waals surface area contributed by atoms with E-state index in [0.29, 0.717) is 6.10 Å². The lowest BCUT2D eigenvalue weighted by molar-refractivity contribution is 0.285. The molecule has 1 heterocycles. The van der Waals surface area contributed by atoms with Crippen LogP contribution in [0.3, 0.4) is 0 Å². The van der Waals surface area contributed by atoms with Crippen molar-refractivity contribution >= 4 is 0 Å². The predicted molar refractivity (Wildman–Crippen MR) is 75.2 cm³/mol. The average molecular weight is 240 g/mol. The Balaban J connectivity index is 2.13. The Hall–Kier alpha value is -0.0400. The molecule has 1 aliphatic heterocycles. The zero-order chi connectivity index (χ0) is 12.7. The summed E-state index contributed by atoms with van der Waals surface area (Å²) in [5.74, 6) is 2.71. The molecule has 1 nitrogen and oxygen atoms in total. The summed E-state index contributed by atoms with van der Waals surface area (Å²) in [7, 11) is 0. The molecule has 1 rings (SSSR count). The van der Waals surface area contributed by atoms with E-state index in [2.05, 4.69) is 27.7 Å². The van der Waals surface area contributed by atoms with Crippen LogP contribution in [0, 0.1) is 17.8 Å². The highest BCUT2D eigenvalue weighted by Crippen LogP contribution is 2.29. The highest BCUT2D eigenvalue weighted by atomic mass is 16.6. The molecular weight excluding hydrogens is 208 g/mol. The minimum Gasteiger partial charge on any atom is -0.373 e. The van der Waals surface area contributed by atoms with Crippen LogP contribution in [0.4, 0.5) is 0 Å². The first kappa shape index (κ1) is 15.0. The lowest BCUT2D eigenvalue weighted by Crippen LogP contribution is -2.10. The molecule has 4 atom stereocenters. The van der Waals surface area contributed by atoms with Gasteiger partial charge in [-0.25, -0.2) is 0 Å². The maximum Gasteiger partial charge on any atom is 0.0812 e. The van der Waals surface area contributed by atoms with E-state index in [1.165, 1.54) is 44.9 Å². The van der Waals surface area contributed by atoms with Crippen molar-refractivity contribution in [1.82, 2.24) is 0 Å². The fraction of sp³-hybridized carbons (Fsp3) is 1.00. The third kappa shape index (κ3) is 7.08. The summed E-state index contributed by atoms with van der Waals surface area (Å²) in [5, 5.41) is 0. The van der Waals surface area contributed by atoms with E-state index in [9.17, 15) is 0 Å². The quantitative estimate of drug-likeness (QED) is 0.487. The summed E-state index contributed by atoms with van der Waals surface area (Å²) in [6.45, 7) is 10.5. The fourth-order valence-electron chi connectivity index (χ4n) is 3.08. The van der Waals surface area contributed by atoms with Crippen molar-refractivity contribution in [1.29, 1.82) is 0 Å². The summed E-state index contributed by atoms with van der Waals surface area (Å²) in [6, 6.07) is 0. The van der Waals surface area contributed by atoms with E-state index in [4.69, 9.17) is 4.74 Å². The zero-order valence-corrected chi connectivity index (χ0v) is 12.4. The minimum absolute atomic E-state index is 0.610. The van der Waals surface area contributed by atoms with Gasteiger partial charge in [0, 0.05) is 0 Å². The predicted octanol–water partition coefficient (Wildman–Crippen LogP) is 5.04. The Bertz CT molecular complexity index is 186. The summed E-state index contributed by atoms with van der Waals surface area (Å²) in [4.78, 5) is 0. The van der Waals surface area contributed by atoms with Crippen LogP contribution < -0.4 is 0 Å². The number of hydrogen-bond acceptors (Lipinski definition) is 1. The highest BCUT2D eigenvalue weighted by molar-refractivity contribution is 4.74. The third-order valence-electron chi connectivity index (χ3n) is 4.15. The molecule has 1 heteroatoms. The number of epoxide rings is 1. The van der Waals surface area contributed by atoms with Crippen LogP contribution in [-0.4, -0.2) is 12.7 Å². The molecule has 0 radical (unpaired) electrons. The molecule has 0 aliphatic carbocycles. The molecule has 0 aromatic carbocycles. The second-order valence-corrected chi connectivity index (χ2v) is 6.29. The summed E-state index contributed by atoms with van der Waals surface area (Å²) in [5.41, 5.74) is 0. The van der Waals surface area contributed by atoms with Gasteiger partial charge in [-0.1, -0.05) is 53.4 Å². The molecule has 0 N–H and O–H groups in total. The van der Waals surface area contributed by atoms with Crippen molar-refractivity contribution in [2.45, 2.75) is 78.7 Å². The largest absolute Gasteiger partial charge is 0.373 e. The summed E-state index contributed by atoms with van der Waals surface area (Å²) >= 11 is 0. The first-order valence-electron chi connectivity index (χ1n) is 7.77. The van der Waals surface area contributed by atoms with Crippen molar-refractivity contribution < 1.29 is 4.74 Å². The van der Waals surface area contributed by atoms with Gasteiger partial charge in [0.1, 0.15) is 0 Å². The Morgan fingerprint density at radius 3 is 2.35 bits per heavy atom. The third-order valence-corrected chi connectivity index (χ3v) is 4.15. The van der Waals surface area contributed by atoms with Gasteiger partial charge in [-0.05, 0) is 37.0 Å². The van der Waals surface area contributed by atoms with Crippen LogP contribution in [0.2, 0.25) is 0 Å². The first-order valence-corrected chi connectivity index (χ1v) is 7.77. The van der Waals surface area contributed by atoms with Gasteiger partial charge >= 0.3 is 0 Å². The lowest BCUT2D eigenvalue weighted by Gasteiger charge is -2.22. The van der Waals surface area contributed by atoms with Gasteiger partial charge in [-0.15, -0.1) is 0 Å². The zero-order valence-electron chi connectivity index (χ0n) is 12.4. The average Bonchev–Trinajstić information content (AvgIpc) is 3.07. The molecule has 0 aromatic rings.